The molecule has 9 heteroatoms. The molecule has 2 amide bonds. The molecule has 29 heavy (non-hydrogen) atoms. The van der Waals surface area contributed by atoms with Crippen LogP contribution in [0, 0.1) is 0 Å². The Kier molecular flexibility index (Phi) is 6.38. The highest BCUT2D eigenvalue weighted by Gasteiger charge is 2.27. The summed E-state index contributed by atoms with van der Waals surface area (Å²) in [4.78, 5) is 37.1. The van der Waals surface area contributed by atoms with E-state index in [1.807, 2.05) is 0 Å². The van der Waals surface area contributed by atoms with E-state index < -0.39 is 25.1 Å². The van der Waals surface area contributed by atoms with Gasteiger partial charge in [-0.3, -0.25) is 14.5 Å². The fourth-order valence-corrected chi connectivity index (χ4v) is 2.84. The van der Waals surface area contributed by atoms with Gasteiger partial charge in [-0.15, -0.1) is 0 Å². The Morgan fingerprint density at radius 2 is 1.83 bits per heavy atom. The number of hydrogen-bond acceptors (Lipinski definition) is 6. The maximum atomic E-state index is 12.4. The largest absolute Gasteiger partial charge is 0.452 e. The molecular formula is C20H18F2N2O5. The quantitative estimate of drug-likeness (QED) is 0.713. The van der Waals surface area contributed by atoms with Crippen LogP contribution in [0.2, 0.25) is 0 Å². The summed E-state index contributed by atoms with van der Waals surface area (Å²) < 4.78 is 33.8. The van der Waals surface area contributed by atoms with Gasteiger partial charge in [-0.25, -0.2) is 4.79 Å². The van der Waals surface area contributed by atoms with Gasteiger partial charge in [-0.2, -0.15) is 8.78 Å². The summed E-state index contributed by atoms with van der Waals surface area (Å²) in [5.41, 5.74) is 1.12. The lowest BCUT2D eigenvalue weighted by atomic mass is 10.1. The molecule has 0 saturated carbocycles. The van der Waals surface area contributed by atoms with Gasteiger partial charge in [0.15, 0.2) is 6.61 Å². The molecule has 2 aromatic rings. The van der Waals surface area contributed by atoms with Crippen LogP contribution in [0.15, 0.2) is 48.5 Å². The predicted molar refractivity (Wildman–Crippen MR) is 99.0 cm³/mol. The molecule has 1 saturated heterocycles. The van der Waals surface area contributed by atoms with Crippen molar-refractivity contribution in [1.82, 2.24) is 4.90 Å². The third kappa shape index (κ3) is 5.28. The number of benzene rings is 2. The number of likely N-dealkylation sites (tertiary alicyclic amines) is 1. The second kappa shape index (κ2) is 9.13. The minimum atomic E-state index is -2.91. The Bertz CT molecular complexity index is 902. The Labute approximate surface area is 165 Å². The number of carbonyl (C=O) groups excluding carboxylic acids is 3. The minimum absolute atomic E-state index is 0.00761. The molecule has 2 aromatic carbocycles. The second-order valence-electron chi connectivity index (χ2n) is 6.19. The molecule has 152 valence electrons. The average molecular weight is 404 g/mol. The minimum Gasteiger partial charge on any atom is -0.452 e. The van der Waals surface area contributed by atoms with Gasteiger partial charge in [0.2, 0.25) is 5.91 Å². The standard InChI is InChI=1S/C20H18F2N2O5/c21-20(22)29-14-9-7-13(8-10-14)23-16-5-2-1-4-15(16)19(27)28-12-18(26)24-11-3-6-17(24)25/h1-2,4-5,7-10,20,23H,3,6,11-12H2. The van der Waals surface area contributed by atoms with Crippen molar-refractivity contribution in [3.8, 4) is 5.75 Å². The summed E-state index contributed by atoms with van der Waals surface area (Å²) in [6.45, 7) is -3.11. The number of carbonyl (C=O) groups is 3. The molecule has 1 N–H and O–H groups in total. The van der Waals surface area contributed by atoms with Crippen molar-refractivity contribution < 1.29 is 32.6 Å². The van der Waals surface area contributed by atoms with E-state index in [4.69, 9.17) is 4.74 Å². The maximum Gasteiger partial charge on any atom is 0.387 e. The van der Waals surface area contributed by atoms with Crippen molar-refractivity contribution in [1.29, 1.82) is 0 Å². The first kappa shape index (κ1) is 20.2. The number of alkyl halides is 2. The third-order valence-electron chi connectivity index (χ3n) is 4.21. The van der Waals surface area contributed by atoms with Crippen molar-refractivity contribution in [2.75, 3.05) is 18.5 Å². The number of amides is 2. The highest BCUT2D eigenvalue weighted by molar-refractivity contribution is 6.00. The number of para-hydroxylation sites is 1. The number of nitrogens with one attached hydrogen (secondary N) is 1. The van der Waals surface area contributed by atoms with E-state index in [1.54, 1.807) is 18.2 Å². The fourth-order valence-electron chi connectivity index (χ4n) is 2.84. The van der Waals surface area contributed by atoms with Crippen LogP contribution in [-0.2, 0) is 14.3 Å². The normalized spacial score (nSPS) is 13.5. The summed E-state index contributed by atoms with van der Waals surface area (Å²) in [5, 5.41) is 2.99. The second-order valence-corrected chi connectivity index (χ2v) is 6.19. The molecule has 0 aromatic heterocycles. The van der Waals surface area contributed by atoms with Gasteiger partial charge in [0.25, 0.3) is 5.91 Å². The van der Waals surface area contributed by atoms with E-state index in [1.165, 1.54) is 30.3 Å². The summed E-state index contributed by atoms with van der Waals surface area (Å²) >= 11 is 0. The van der Waals surface area contributed by atoms with Crippen molar-refractivity contribution in [2.24, 2.45) is 0 Å². The smallest absolute Gasteiger partial charge is 0.387 e. The molecule has 1 aliphatic rings. The van der Waals surface area contributed by atoms with Crippen LogP contribution in [0.5, 0.6) is 5.75 Å². The van der Waals surface area contributed by atoms with Crippen LogP contribution < -0.4 is 10.1 Å². The van der Waals surface area contributed by atoms with Gasteiger partial charge in [0.05, 0.1) is 11.3 Å². The number of imide groups is 1. The number of ether oxygens (including phenoxy) is 2. The molecular weight excluding hydrogens is 386 g/mol. The highest BCUT2D eigenvalue weighted by atomic mass is 19.3. The first-order valence-corrected chi connectivity index (χ1v) is 8.85. The van der Waals surface area contributed by atoms with Crippen LogP contribution in [0.4, 0.5) is 20.2 Å². The number of anilines is 2. The molecule has 0 radical (unpaired) electrons. The van der Waals surface area contributed by atoms with E-state index in [9.17, 15) is 23.2 Å². The Balaban J connectivity index is 1.64. The number of hydrogen-bond donors (Lipinski definition) is 1. The Morgan fingerprint density at radius 1 is 1.10 bits per heavy atom. The SMILES string of the molecule is O=C(OCC(=O)N1CCCC1=O)c1ccccc1Nc1ccc(OC(F)F)cc1. The van der Waals surface area contributed by atoms with E-state index in [2.05, 4.69) is 10.1 Å². The average Bonchev–Trinajstić information content (AvgIpc) is 3.13. The molecule has 1 aliphatic heterocycles. The topological polar surface area (TPSA) is 84.9 Å². The molecule has 3 rings (SSSR count). The molecule has 7 nitrogen and oxygen atoms in total. The Hall–Kier alpha value is -3.49. The fraction of sp³-hybridized carbons (Fsp3) is 0.250. The summed E-state index contributed by atoms with van der Waals surface area (Å²) in [6.07, 6.45) is 0.917. The lowest BCUT2D eigenvalue weighted by molar-refractivity contribution is -0.143. The first-order chi connectivity index (χ1) is 13.9. The van der Waals surface area contributed by atoms with Crippen LogP contribution in [0.3, 0.4) is 0 Å². The molecule has 0 atom stereocenters. The van der Waals surface area contributed by atoms with Crippen molar-refractivity contribution in [3.63, 3.8) is 0 Å². The van der Waals surface area contributed by atoms with Gasteiger partial charge >= 0.3 is 12.6 Å². The summed E-state index contributed by atoms with van der Waals surface area (Å²) in [5.74, 6) is -1.55. The van der Waals surface area contributed by atoms with E-state index in [0.29, 0.717) is 30.8 Å². The zero-order valence-corrected chi connectivity index (χ0v) is 15.3. The zero-order chi connectivity index (χ0) is 20.8. The number of nitrogens with zero attached hydrogens (tertiary/aromatic N) is 1. The third-order valence-corrected chi connectivity index (χ3v) is 4.21. The van der Waals surface area contributed by atoms with Crippen LogP contribution in [0.1, 0.15) is 23.2 Å². The molecule has 1 heterocycles. The highest BCUT2D eigenvalue weighted by Crippen LogP contribution is 2.24. The van der Waals surface area contributed by atoms with Crippen molar-refractivity contribution in [3.05, 3.63) is 54.1 Å². The van der Waals surface area contributed by atoms with Gasteiger partial charge < -0.3 is 14.8 Å². The molecule has 0 aliphatic carbocycles. The number of esters is 1. The van der Waals surface area contributed by atoms with E-state index in [-0.39, 0.29) is 17.2 Å². The summed E-state index contributed by atoms with van der Waals surface area (Å²) in [7, 11) is 0. The van der Waals surface area contributed by atoms with Gasteiger partial charge in [-0.05, 0) is 42.8 Å². The van der Waals surface area contributed by atoms with E-state index in [0.717, 1.165) is 4.90 Å². The lowest BCUT2D eigenvalue weighted by Crippen LogP contribution is -2.35. The van der Waals surface area contributed by atoms with Gasteiger partial charge in [0, 0.05) is 18.7 Å². The Morgan fingerprint density at radius 3 is 2.48 bits per heavy atom. The molecule has 0 unspecified atom stereocenters. The lowest BCUT2D eigenvalue weighted by Gasteiger charge is -2.15. The van der Waals surface area contributed by atoms with Gasteiger partial charge in [-0.1, -0.05) is 12.1 Å². The number of rotatable bonds is 7. The van der Waals surface area contributed by atoms with Crippen LogP contribution >= 0.6 is 0 Å². The maximum absolute atomic E-state index is 12.4. The molecule has 1 fully saturated rings. The van der Waals surface area contributed by atoms with Crippen molar-refractivity contribution >= 4 is 29.2 Å². The zero-order valence-electron chi connectivity index (χ0n) is 15.3. The number of halogens is 2. The van der Waals surface area contributed by atoms with Crippen LogP contribution in [0.25, 0.3) is 0 Å². The molecule has 0 spiro atoms. The predicted octanol–water partition coefficient (Wildman–Crippen LogP) is 3.34. The summed E-state index contributed by atoms with van der Waals surface area (Å²) in [6, 6.07) is 12.2. The first-order valence-electron chi connectivity index (χ1n) is 8.85. The van der Waals surface area contributed by atoms with Crippen molar-refractivity contribution in [2.45, 2.75) is 19.5 Å². The van der Waals surface area contributed by atoms with Gasteiger partial charge in [0.1, 0.15) is 5.75 Å². The van der Waals surface area contributed by atoms with Crippen LogP contribution in [-0.4, -0.2) is 42.4 Å². The van der Waals surface area contributed by atoms with E-state index >= 15 is 0 Å². The monoisotopic (exact) mass is 404 g/mol. The molecule has 0 bridgehead atoms.